The van der Waals surface area contributed by atoms with E-state index in [2.05, 4.69) is 6.58 Å². The first-order chi connectivity index (χ1) is 10.8. The van der Waals surface area contributed by atoms with E-state index in [4.69, 9.17) is 0 Å². The monoisotopic (exact) mass is 406 g/mol. The first-order valence-corrected chi connectivity index (χ1v) is 7.23. The standard InChI is InChI=1S/C15H16F10.FH/c1-5-11-6-9(3,17)14(22,23)10(4,15(11,24)25)12(18,19)8(2,7-16)13(11,20)21;/h5H,1,6-7H2,2-4H3;1H. The SMILES string of the molecule is C=CC12CC(C)(F)C(F)(F)C(C)(C(F)(F)C(C)(CF)C1(F)F)C2(F)F.F. The van der Waals surface area contributed by atoms with Crippen molar-refractivity contribution < 1.29 is 48.6 Å². The molecule has 0 saturated heterocycles. The van der Waals surface area contributed by atoms with Gasteiger partial charge in [-0.1, -0.05) is 6.08 Å². The molecule has 0 radical (unpaired) electrons. The van der Waals surface area contributed by atoms with Crippen LogP contribution in [0.4, 0.5) is 48.6 Å². The van der Waals surface area contributed by atoms with Gasteiger partial charge in [0.05, 0.1) is 0 Å². The number of alkyl halides is 10. The van der Waals surface area contributed by atoms with Gasteiger partial charge in [-0.05, 0) is 20.8 Å². The summed E-state index contributed by atoms with van der Waals surface area (Å²) in [5.74, 6) is -21.9. The van der Waals surface area contributed by atoms with Gasteiger partial charge in [-0.15, -0.1) is 6.58 Å². The highest BCUT2D eigenvalue weighted by Gasteiger charge is 3.00. The van der Waals surface area contributed by atoms with E-state index in [1.165, 1.54) is 0 Å². The molecule has 2 bridgehead atoms. The Bertz CT molecular complexity index is 611. The number of hydrogen-bond donors (Lipinski definition) is 0. The van der Waals surface area contributed by atoms with Crippen LogP contribution in [0.5, 0.6) is 0 Å². The van der Waals surface area contributed by atoms with Crippen LogP contribution < -0.4 is 0 Å². The largest absolute Gasteiger partial charge is 0.298 e. The molecule has 0 heterocycles. The van der Waals surface area contributed by atoms with Gasteiger partial charge in [0.1, 0.15) is 17.5 Å². The molecule has 0 aromatic heterocycles. The lowest BCUT2D eigenvalue weighted by Crippen LogP contribution is -2.88. The van der Waals surface area contributed by atoms with Crippen molar-refractivity contribution in [1.29, 1.82) is 0 Å². The molecule has 11 heteroatoms. The molecule has 2 fully saturated rings. The van der Waals surface area contributed by atoms with Crippen molar-refractivity contribution >= 4 is 0 Å². The fourth-order valence-electron chi connectivity index (χ4n) is 4.35. The first kappa shape index (κ1) is 23.0. The van der Waals surface area contributed by atoms with Crippen LogP contribution in [0, 0.1) is 16.2 Å². The summed E-state index contributed by atoms with van der Waals surface area (Å²) in [6.07, 6.45) is -2.39. The maximum Gasteiger partial charge on any atom is 0.298 e. The second-order valence-corrected chi connectivity index (χ2v) is 7.44. The zero-order valence-electron chi connectivity index (χ0n) is 13.9. The van der Waals surface area contributed by atoms with Gasteiger partial charge < -0.3 is 0 Å². The zero-order chi connectivity index (χ0) is 20.1. The second kappa shape index (κ2) is 5.06. The van der Waals surface area contributed by atoms with Gasteiger partial charge in [0.25, 0.3) is 23.7 Å². The van der Waals surface area contributed by atoms with Crippen molar-refractivity contribution in [1.82, 2.24) is 0 Å². The number of fused-ring (bicyclic) bond motifs is 2. The van der Waals surface area contributed by atoms with E-state index in [0.29, 0.717) is 0 Å². The lowest BCUT2D eigenvalue weighted by atomic mass is 9.39. The number of halogens is 11. The van der Waals surface area contributed by atoms with Crippen LogP contribution in [0.15, 0.2) is 12.7 Å². The van der Waals surface area contributed by atoms with Crippen LogP contribution in [0.1, 0.15) is 27.2 Å². The molecule has 2 saturated carbocycles. The molecule has 0 nitrogen and oxygen atoms in total. The molecule has 2 aliphatic rings. The molecule has 4 atom stereocenters. The smallest absolute Gasteiger partial charge is 0.269 e. The topological polar surface area (TPSA) is 0 Å². The Morgan fingerprint density at radius 3 is 1.54 bits per heavy atom. The minimum atomic E-state index is -5.66. The quantitative estimate of drug-likeness (QED) is 0.391. The first-order valence-electron chi connectivity index (χ1n) is 7.23. The van der Waals surface area contributed by atoms with Crippen molar-refractivity contribution in [3.8, 4) is 0 Å². The van der Waals surface area contributed by atoms with Gasteiger partial charge >= 0.3 is 0 Å². The molecule has 0 spiro atoms. The minimum absolute atomic E-state index is 0. The van der Waals surface area contributed by atoms with Crippen LogP contribution in [-0.4, -0.2) is 36.0 Å². The van der Waals surface area contributed by atoms with E-state index in [9.17, 15) is 43.9 Å². The normalized spacial score (nSPS) is 47.6. The van der Waals surface area contributed by atoms with Crippen molar-refractivity contribution in [3.05, 3.63) is 12.7 Å². The third-order valence-electron chi connectivity index (χ3n) is 6.27. The van der Waals surface area contributed by atoms with E-state index in [0.717, 1.165) is 0 Å². The van der Waals surface area contributed by atoms with Gasteiger partial charge in [0.2, 0.25) is 0 Å². The average molecular weight is 406 g/mol. The van der Waals surface area contributed by atoms with Gasteiger partial charge in [-0.2, -0.15) is 0 Å². The van der Waals surface area contributed by atoms with Crippen molar-refractivity contribution in [2.45, 2.75) is 56.6 Å². The summed E-state index contributed by atoms with van der Waals surface area (Å²) in [4.78, 5) is 0. The zero-order valence-corrected chi connectivity index (χ0v) is 13.9. The van der Waals surface area contributed by atoms with Crippen LogP contribution in [-0.2, 0) is 0 Å². The maximum atomic E-state index is 14.9. The summed E-state index contributed by atoms with van der Waals surface area (Å²) in [5, 5.41) is 0. The molecule has 2 aliphatic carbocycles. The van der Waals surface area contributed by atoms with Crippen molar-refractivity contribution in [3.63, 3.8) is 0 Å². The Hall–Kier alpha value is -1.03. The summed E-state index contributed by atoms with van der Waals surface area (Å²) in [7, 11) is 0. The second-order valence-electron chi connectivity index (χ2n) is 7.44. The van der Waals surface area contributed by atoms with E-state index in [-0.39, 0.29) is 31.6 Å². The predicted octanol–water partition coefficient (Wildman–Crippen LogP) is 5.98. The third-order valence-corrected chi connectivity index (χ3v) is 6.27. The lowest BCUT2D eigenvalue weighted by Gasteiger charge is -2.70. The molecule has 0 amide bonds. The van der Waals surface area contributed by atoms with E-state index in [1.807, 2.05) is 0 Å². The number of rotatable bonds is 2. The lowest BCUT2D eigenvalue weighted by molar-refractivity contribution is -0.491. The van der Waals surface area contributed by atoms with Crippen LogP contribution in [0.2, 0.25) is 0 Å². The molecule has 0 aromatic rings. The molecular formula is C15H17F11. The van der Waals surface area contributed by atoms with E-state index >= 15 is 0 Å². The average Bonchev–Trinajstić information content (AvgIpc) is 2.47. The minimum Gasteiger partial charge on any atom is -0.269 e. The van der Waals surface area contributed by atoms with Crippen molar-refractivity contribution in [2.75, 3.05) is 6.67 Å². The van der Waals surface area contributed by atoms with Crippen LogP contribution >= 0.6 is 0 Å². The molecule has 154 valence electrons. The highest BCUT2D eigenvalue weighted by molar-refractivity contribution is 5.37. The van der Waals surface area contributed by atoms with E-state index < -0.39 is 58.7 Å². The molecule has 0 N–H and O–H groups in total. The molecule has 0 aliphatic heterocycles. The van der Waals surface area contributed by atoms with Gasteiger partial charge in [-0.25, -0.2) is 39.5 Å². The molecule has 2 rings (SSSR count). The Balaban J connectivity index is 0.00000338. The van der Waals surface area contributed by atoms with Gasteiger partial charge in [0, 0.05) is 6.42 Å². The Kier molecular flexibility index (Phi) is 4.48. The molecule has 26 heavy (non-hydrogen) atoms. The summed E-state index contributed by atoms with van der Waals surface area (Å²) in [6, 6.07) is 0. The van der Waals surface area contributed by atoms with Crippen LogP contribution in [0.25, 0.3) is 0 Å². The Morgan fingerprint density at radius 1 is 0.769 bits per heavy atom. The van der Waals surface area contributed by atoms with Crippen LogP contribution in [0.3, 0.4) is 0 Å². The Morgan fingerprint density at radius 2 is 1.19 bits per heavy atom. The summed E-state index contributed by atoms with van der Waals surface area (Å²) in [6.45, 7) is -0.290. The third kappa shape index (κ3) is 1.61. The maximum absolute atomic E-state index is 14.9. The summed E-state index contributed by atoms with van der Waals surface area (Å²) >= 11 is 0. The summed E-state index contributed by atoms with van der Waals surface area (Å²) in [5.41, 5.74) is -17.4. The predicted molar refractivity (Wildman–Crippen MR) is 71.2 cm³/mol. The summed E-state index contributed by atoms with van der Waals surface area (Å²) < 4.78 is 146. The van der Waals surface area contributed by atoms with Crippen molar-refractivity contribution in [2.24, 2.45) is 16.2 Å². The number of hydrogen-bond acceptors (Lipinski definition) is 0. The molecular weight excluding hydrogens is 389 g/mol. The highest BCUT2D eigenvalue weighted by Crippen LogP contribution is 2.83. The van der Waals surface area contributed by atoms with Gasteiger partial charge in [0.15, 0.2) is 11.1 Å². The molecule has 4 unspecified atom stereocenters. The number of allylic oxidation sites excluding steroid dienone is 1. The highest BCUT2D eigenvalue weighted by atomic mass is 19.3. The molecule has 0 aromatic carbocycles. The Labute approximate surface area is 142 Å². The fourth-order valence-corrected chi connectivity index (χ4v) is 4.35. The fraction of sp³-hybridized carbons (Fsp3) is 0.867. The van der Waals surface area contributed by atoms with Gasteiger partial charge in [-0.3, -0.25) is 9.09 Å². The van der Waals surface area contributed by atoms with E-state index in [1.54, 1.807) is 0 Å².